The summed E-state index contributed by atoms with van der Waals surface area (Å²) in [5.74, 6) is 1.71. The molecule has 3 fully saturated rings. The van der Waals surface area contributed by atoms with Gasteiger partial charge in [0.25, 0.3) is 0 Å². The summed E-state index contributed by atoms with van der Waals surface area (Å²) in [5.41, 5.74) is 9.73. The Morgan fingerprint density at radius 2 is 1.81 bits per heavy atom. The summed E-state index contributed by atoms with van der Waals surface area (Å²) in [6.45, 7) is 4.78. The maximum Gasteiger partial charge on any atom is 0.338 e. The molecule has 0 spiro atoms. The second kappa shape index (κ2) is 7.39. The molecule has 3 N–H and O–H groups in total. The molecule has 0 heterocycles. The smallest absolute Gasteiger partial charge is 0.338 e. The minimum absolute atomic E-state index is 0.0469. The van der Waals surface area contributed by atoms with Gasteiger partial charge in [0, 0.05) is 17.5 Å². The molecule has 166 valence electrons. The third kappa shape index (κ3) is 3.19. The van der Waals surface area contributed by atoms with E-state index in [9.17, 15) is 10.0 Å². The third-order valence-corrected chi connectivity index (χ3v) is 9.34. The maximum absolute atomic E-state index is 12.6. The van der Waals surface area contributed by atoms with Crippen LogP contribution in [0.15, 0.2) is 41.1 Å². The van der Waals surface area contributed by atoms with Crippen molar-refractivity contribution in [1.82, 2.24) is 0 Å². The van der Waals surface area contributed by atoms with Gasteiger partial charge in [-0.05, 0) is 92.4 Å². The van der Waals surface area contributed by atoms with Gasteiger partial charge in [-0.3, -0.25) is 0 Å². The first-order valence-corrected chi connectivity index (χ1v) is 11.8. The molecule has 4 aliphatic carbocycles. The second-order valence-electron chi connectivity index (χ2n) is 10.7. The van der Waals surface area contributed by atoms with E-state index in [0.29, 0.717) is 29.0 Å². The monoisotopic (exact) mass is 422 g/mol. The fourth-order valence-corrected chi connectivity index (χ4v) is 7.52. The molecular weight excluding hydrogens is 388 g/mol. The van der Waals surface area contributed by atoms with E-state index in [-0.39, 0.29) is 22.9 Å². The Morgan fingerprint density at radius 1 is 1.10 bits per heavy atom. The van der Waals surface area contributed by atoms with Gasteiger partial charge in [0.1, 0.15) is 6.10 Å². The number of rotatable bonds is 2. The first kappa shape index (κ1) is 20.6. The third-order valence-electron chi connectivity index (χ3n) is 9.34. The van der Waals surface area contributed by atoms with E-state index in [4.69, 9.17) is 10.5 Å². The van der Waals surface area contributed by atoms with Crippen LogP contribution in [0.1, 0.15) is 75.6 Å². The first-order chi connectivity index (χ1) is 14.8. The molecule has 6 atom stereocenters. The molecule has 3 saturated carbocycles. The van der Waals surface area contributed by atoms with E-state index in [1.807, 2.05) is 0 Å². The van der Waals surface area contributed by atoms with Crippen molar-refractivity contribution in [2.45, 2.75) is 71.3 Å². The zero-order chi connectivity index (χ0) is 21.8. The van der Waals surface area contributed by atoms with Crippen LogP contribution in [-0.4, -0.2) is 23.0 Å². The highest BCUT2D eigenvalue weighted by Gasteiger charge is 2.58. The molecule has 0 saturated heterocycles. The van der Waals surface area contributed by atoms with E-state index >= 15 is 0 Å². The van der Waals surface area contributed by atoms with Gasteiger partial charge in [-0.2, -0.15) is 0 Å². The highest BCUT2D eigenvalue weighted by atomic mass is 16.5. The zero-order valence-electron chi connectivity index (χ0n) is 18.6. The molecule has 4 aliphatic rings. The maximum atomic E-state index is 12.6. The van der Waals surface area contributed by atoms with Gasteiger partial charge in [-0.25, -0.2) is 4.79 Å². The average molecular weight is 423 g/mol. The summed E-state index contributed by atoms with van der Waals surface area (Å²) in [6, 6.07) is 6.95. The number of nitrogens with two attached hydrogens (primary N) is 1. The number of oxime groups is 1. The SMILES string of the molecule is C[C@]12CC[C@H](OC(=O)c3ccc(N)cc3)CC1=CCC1C2CC[C@]2(C)/C(=N\O)CCC12. The minimum Gasteiger partial charge on any atom is -0.458 e. The molecule has 0 aromatic heterocycles. The van der Waals surface area contributed by atoms with Crippen molar-refractivity contribution in [3.8, 4) is 0 Å². The number of hydrogen-bond donors (Lipinski definition) is 2. The average Bonchev–Trinajstić information content (AvgIpc) is 3.10. The topological polar surface area (TPSA) is 84.9 Å². The van der Waals surface area contributed by atoms with Gasteiger partial charge in [0.15, 0.2) is 0 Å². The Kier molecular flexibility index (Phi) is 4.91. The van der Waals surface area contributed by atoms with E-state index in [1.54, 1.807) is 24.3 Å². The predicted molar refractivity (Wildman–Crippen MR) is 121 cm³/mol. The number of benzene rings is 1. The van der Waals surface area contributed by atoms with Crippen molar-refractivity contribution in [1.29, 1.82) is 0 Å². The molecular formula is C26H34N2O3. The largest absolute Gasteiger partial charge is 0.458 e. The highest BCUT2D eigenvalue weighted by Crippen LogP contribution is 2.64. The zero-order valence-corrected chi connectivity index (χ0v) is 18.6. The van der Waals surface area contributed by atoms with E-state index in [1.165, 1.54) is 12.0 Å². The Labute approximate surface area is 184 Å². The molecule has 3 unspecified atom stereocenters. The van der Waals surface area contributed by atoms with Crippen LogP contribution in [0.4, 0.5) is 5.69 Å². The first-order valence-electron chi connectivity index (χ1n) is 11.8. The molecule has 5 heteroatoms. The van der Waals surface area contributed by atoms with Crippen LogP contribution in [0.2, 0.25) is 0 Å². The van der Waals surface area contributed by atoms with Crippen molar-refractivity contribution >= 4 is 17.4 Å². The van der Waals surface area contributed by atoms with Gasteiger partial charge in [0.2, 0.25) is 0 Å². The van der Waals surface area contributed by atoms with Gasteiger partial charge in [-0.15, -0.1) is 0 Å². The van der Waals surface area contributed by atoms with E-state index in [0.717, 1.165) is 50.7 Å². The van der Waals surface area contributed by atoms with Crippen molar-refractivity contribution in [3.05, 3.63) is 41.5 Å². The normalized spacial score (nSPS) is 40.5. The number of fused-ring (bicyclic) bond motifs is 5. The lowest BCUT2D eigenvalue weighted by Gasteiger charge is -2.57. The standard InChI is InChI=1S/C26H34N2O3/c1-25-13-11-19(31-24(29)16-3-6-18(27)7-4-16)15-17(25)5-8-20-21-9-10-23(28-30)26(21,2)14-12-22(20)25/h3-7,19-22,30H,8-15,27H2,1-2H3/b28-23-/t19-,20?,21?,22?,25-,26-/m0/s1. The quantitative estimate of drug-likeness (QED) is 0.214. The van der Waals surface area contributed by atoms with Crippen molar-refractivity contribution in [2.24, 2.45) is 33.7 Å². The van der Waals surface area contributed by atoms with Gasteiger partial charge in [-0.1, -0.05) is 30.7 Å². The number of anilines is 1. The predicted octanol–water partition coefficient (Wildman–Crippen LogP) is 5.59. The Bertz CT molecular complexity index is 936. The van der Waals surface area contributed by atoms with Crippen molar-refractivity contribution in [2.75, 3.05) is 5.73 Å². The second-order valence-corrected chi connectivity index (χ2v) is 10.7. The minimum atomic E-state index is -0.252. The summed E-state index contributed by atoms with van der Waals surface area (Å²) in [4.78, 5) is 12.6. The lowest BCUT2D eigenvalue weighted by Crippen LogP contribution is -2.50. The summed E-state index contributed by atoms with van der Waals surface area (Å²) in [6.07, 6.45) is 10.8. The van der Waals surface area contributed by atoms with Crippen LogP contribution in [0, 0.1) is 28.6 Å². The molecule has 31 heavy (non-hydrogen) atoms. The van der Waals surface area contributed by atoms with Crippen LogP contribution in [0.5, 0.6) is 0 Å². The molecule has 0 radical (unpaired) electrons. The van der Waals surface area contributed by atoms with E-state index < -0.39 is 0 Å². The summed E-state index contributed by atoms with van der Waals surface area (Å²) < 4.78 is 5.90. The van der Waals surface area contributed by atoms with Crippen molar-refractivity contribution in [3.63, 3.8) is 0 Å². The van der Waals surface area contributed by atoms with Gasteiger partial charge in [0.05, 0.1) is 11.3 Å². The number of hydrogen-bond acceptors (Lipinski definition) is 5. The summed E-state index contributed by atoms with van der Waals surface area (Å²) in [7, 11) is 0. The molecule has 0 aliphatic heterocycles. The number of carbonyl (C=O) groups is 1. The number of ether oxygens (including phenoxy) is 1. The Balaban J connectivity index is 1.32. The van der Waals surface area contributed by atoms with Crippen LogP contribution >= 0.6 is 0 Å². The lowest BCUT2D eigenvalue weighted by molar-refractivity contribution is -0.0287. The molecule has 1 aromatic carbocycles. The fraction of sp³-hybridized carbons (Fsp3) is 0.615. The number of nitrogens with zero attached hydrogens (tertiary/aromatic N) is 1. The van der Waals surface area contributed by atoms with E-state index in [2.05, 4.69) is 25.1 Å². The molecule has 5 rings (SSSR count). The van der Waals surface area contributed by atoms with Crippen LogP contribution in [-0.2, 0) is 4.74 Å². The summed E-state index contributed by atoms with van der Waals surface area (Å²) >= 11 is 0. The molecule has 5 nitrogen and oxygen atoms in total. The Hall–Kier alpha value is -2.30. The van der Waals surface area contributed by atoms with Gasteiger partial charge >= 0.3 is 5.97 Å². The fourth-order valence-electron chi connectivity index (χ4n) is 7.52. The van der Waals surface area contributed by atoms with Gasteiger partial charge < -0.3 is 15.7 Å². The summed E-state index contributed by atoms with van der Waals surface area (Å²) in [5, 5.41) is 13.2. The number of allylic oxidation sites excluding steroid dienone is 1. The number of carbonyl (C=O) groups excluding carboxylic acids is 1. The molecule has 0 bridgehead atoms. The van der Waals surface area contributed by atoms with Crippen LogP contribution < -0.4 is 5.73 Å². The Morgan fingerprint density at radius 3 is 2.55 bits per heavy atom. The molecule has 1 aromatic rings. The number of esters is 1. The van der Waals surface area contributed by atoms with Crippen LogP contribution in [0.25, 0.3) is 0 Å². The number of nitrogen functional groups attached to an aromatic ring is 1. The highest BCUT2D eigenvalue weighted by molar-refractivity contribution is 5.92. The van der Waals surface area contributed by atoms with Crippen LogP contribution in [0.3, 0.4) is 0 Å². The lowest BCUT2D eigenvalue weighted by atomic mass is 9.48. The van der Waals surface area contributed by atoms with Crippen molar-refractivity contribution < 1.29 is 14.7 Å². The molecule has 0 amide bonds.